The molecule has 1 saturated heterocycles. The number of halogens is 1. The van der Waals surface area contributed by atoms with Crippen molar-refractivity contribution in [2.24, 2.45) is 0 Å². The van der Waals surface area contributed by atoms with E-state index in [4.69, 9.17) is 0 Å². The zero-order valence-electron chi connectivity index (χ0n) is 12.3. The minimum absolute atomic E-state index is 0. The molecule has 0 spiro atoms. The summed E-state index contributed by atoms with van der Waals surface area (Å²) in [5, 5.41) is 13.8. The Morgan fingerprint density at radius 2 is 2.00 bits per heavy atom. The van der Waals surface area contributed by atoms with Crippen LogP contribution < -0.4 is 5.32 Å². The second kappa shape index (κ2) is 7.87. The Morgan fingerprint density at radius 3 is 2.45 bits per heavy atom. The molecule has 1 aromatic carbocycles. The molecule has 124 valence electrons. The first-order chi connectivity index (χ1) is 9.96. The van der Waals surface area contributed by atoms with Crippen LogP contribution in [0.15, 0.2) is 29.2 Å². The Morgan fingerprint density at radius 1 is 1.36 bits per heavy atom. The van der Waals surface area contributed by atoms with Crippen LogP contribution in [0.4, 0.5) is 5.69 Å². The third-order valence-corrected chi connectivity index (χ3v) is 5.51. The number of nitrogens with one attached hydrogen (secondary N) is 1. The van der Waals surface area contributed by atoms with Gasteiger partial charge < -0.3 is 5.32 Å². The summed E-state index contributed by atoms with van der Waals surface area (Å²) >= 11 is 0. The van der Waals surface area contributed by atoms with E-state index in [1.54, 1.807) is 0 Å². The molecular formula is C13H20ClN3O4S. The summed E-state index contributed by atoms with van der Waals surface area (Å²) in [5.41, 5.74) is -0.112. The molecule has 1 unspecified atom stereocenters. The molecule has 1 aliphatic heterocycles. The summed E-state index contributed by atoms with van der Waals surface area (Å²) in [6, 6.07) is 5.01. The second-order valence-electron chi connectivity index (χ2n) is 5.01. The lowest BCUT2D eigenvalue weighted by Crippen LogP contribution is -2.41. The number of sulfonamides is 1. The highest BCUT2D eigenvalue weighted by Crippen LogP contribution is 2.23. The van der Waals surface area contributed by atoms with Crippen LogP contribution in [0, 0.1) is 10.1 Å². The molecular weight excluding hydrogens is 330 g/mol. The van der Waals surface area contributed by atoms with E-state index in [1.807, 2.05) is 6.92 Å². The molecule has 0 aromatic heterocycles. The zero-order chi connectivity index (χ0) is 15.5. The number of nitrogens with zero attached hydrogens (tertiary/aromatic N) is 2. The molecule has 0 saturated carbocycles. The standard InChI is InChI=1S/C13H19N3O4S.ClH/c1-2-9-15(12-7-8-14-10-12)21(19,20)13-5-3-11(4-6-13)16(17)18;/h3-6,12,14H,2,7-10H2,1H3;1H. The van der Waals surface area contributed by atoms with Crippen molar-refractivity contribution in [3.8, 4) is 0 Å². The predicted octanol–water partition coefficient (Wildman–Crippen LogP) is 1.78. The summed E-state index contributed by atoms with van der Waals surface area (Å²) in [5.74, 6) is 0. The van der Waals surface area contributed by atoms with Gasteiger partial charge in [-0.1, -0.05) is 6.92 Å². The summed E-state index contributed by atoms with van der Waals surface area (Å²) in [6.07, 6.45) is 1.51. The predicted molar refractivity (Wildman–Crippen MR) is 85.8 cm³/mol. The Labute approximate surface area is 136 Å². The maximum atomic E-state index is 12.7. The van der Waals surface area contributed by atoms with Gasteiger partial charge in [0.25, 0.3) is 5.69 Å². The Hall–Kier alpha value is -1.22. The van der Waals surface area contributed by atoms with Crippen molar-refractivity contribution in [2.45, 2.75) is 30.7 Å². The Balaban J connectivity index is 0.00000242. The Kier molecular flexibility index (Phi) is 6.73. The molecule has 1 aliphatic rings. The van der Waals surface area contributed by atoms with Gasteiger partial charge in [-0.3, -0.25) is 10.1 Å². The van der Waals surface area contributed by atoms with Crippen LogP contribution >= 0.6 is 12.4 Å². The van der Waals surface area contributed by atoms with Crippen molar-refractivity contribution >= 4 is 28.1 Å². The van der Waals surface area contributed by atoms with Crippen LogP contribution in [0.2, 0.25) is 0 Å². The number of non-ortho nitro benzene ring substituents is 1. The fraction of sp³-hybridized carbons (Fsp3) is 0.538. The van der Waals surface area contributed by atoms with Gasteiger partial charge in [-0.25, -0.2) is 8.42 Å². The van der Waals surface area contributed by atoms with E-state index in [0.29, 0.717) is 13.1 Å². The highest BCUT2D eigenvalue weighted by Gasteiger charge is 2.32. The van der Waals surface area contributed by atoms with Gasteiger partial charge in [0.1, 0.15) is 0 Å². The average Bonchev–Trinajstić information content (AvgIpc) is 2.98. The monoisotopic (exact) mass is 349 g/mol. The number of nitro benzene ring substituents is 1. The average molecular weight is 350 g/mol. The molecule has 0 radical (unpaired) electrons. The number of benzene rings is 1. The van der Waals surface area contributed by atoms with Crippen LogP contribution in [0.25, 0.3) is 0 Å². The lowest BCUT2D eigenvalue weighted by molar-refractivity contribution is -0.384. The summed E-state index contributed by atoms with van der Waals surface area (Å²) in [7, 11) is -3.62. The number of rotatable bonds is 6. The SMILES string of the molecule is CCCN(C1CCNC1)S(=O)(=O)c1ccc([N+](=O)[O-])cc1.Cl. The lowest BCUT2D eigenvalue weighted by atomic mass is 10.2. The molecule has 2 rings (SSSR count). The van der Waals surface area contributed by atoms with Crippen molar-refractivity contribution in [1.29, 1.82) is 0 Å². The molecule has 0 bridgehead atoms. The highest BCUT2D eigenvalue weighted by atomic mass is 35.5. The number of nitro groups is 1. The van der Waals surface area contributed by atoms with Crippen molar-refractivity contribution in [3.05, 3.63) is 34.4 Å². The molecule has 9 heteroatoms. The van der Waals surface area contributed by atoms with Crippen molar-refractivity contribution in [3.63, 3.8) is 0 Å². The number of hydrogen-bond donors (Lipinski definition) is 1. The molecule has 0 aliphatic carbocycles. The van der Waals surface area contributed by atoms with Gasteiger partial charge in [0.05, 0.1) is 9.82 Å². The molecule has 0 amide bonds. The van der Waals surface area contributed by atoms with Gasteiger partial charge in [0, 0.05) is 31.3 Å². The van der Waals surface area contributed by atoms with Crippen molar-refractivity contribution in [1.82, 2.24) is 9.62 Å². The maximum Gasteiger partial charge on any atom is 0.269 e. The molecule has 22 heavy (non-hydrogen) atoms. The van der Waals surface area contributed by atoms with Crippen LogP contribution in [0.1, 0.15) is 19.8 Å². The van der Waals surface area contributed by atoms with Crippen LogP contribution in [-0.4, -0.2) is 43.3 Å². The maximum absolute atomic E-state index is 12.7. The topological polar surface area (TPSA) is 92.6 Å². The Bertz CT molecular complexity index is 600. The number of hydrogen-bond acceptors (Lipinski definition) is 5. The molecule has 1 aromatic rings. The van der Waals surface area contributed by atoms with E-state index in [2.05, 4.69) is 5.32 Å². The van der Waals surface area contributed by atoms with Gasteiger partial charge in [-0.15, -0.1) is 12.4 Å². The first-order valence-electron chi connectivity index (χ1n) is 6.94. The summed E-state index contributed by atoms with van der Waals surface area (Å²) in [4.78, 5) is 10.2. The van der Waals surface area contributed by atoms with E-state index >= 15 is 0 Å². The van der Waals surface area contributed by atoms with E-state index in [9.17, 15) is 18.5 Å². The van der Waals surface area contributed by atoms with Gasteiger partial charge >= 0.3 is 0 Å². The molecule has 1 fully saturated rings. The second-order valence-corrected chi connectivity index (χ2v) is 6.90. The highest BCUT2D eigenvalue weighted by molar-refractivity contribution is 7.89. The third kappa shape index (κ3) is 3.95. The minimum atomic E-state index is -3.62. The largest absolute Gasteiger partial charge is 0.315 e. The first kappa shape index (κ1) is 18.8. The van der Waals surface area contributed by atoms with E-state index in [0.717, 1.165) is 19.4 Å². The summed E-state index contributed by atoms with van der Waals surface area (Å²) in [6.45, 7) is 3.83. The zero-order valence-corrected chi connectivity index (χ0v) is 13.9. The van der Waals surface area contributed by atoms with Gasteiger partial charge in [-0.2, -0.15) is 4.31 Å². The lowest BCUT2D eigenvalue weighted by Gasteiger charge is -2.27. The third-order valence-electron chi connectivity index (χ3n) is 3.54. The van der Waals surface area contributed by atoms with Crippen molar-refractivity contribution in [2.75, 3.05) is 19.6 Å². The van der Waals surface area contributed by atoms with Crippen molar-refractivity contribution < 1.29 is 13.3 Å². The molecule has 1 atom stereocenters. The first-order valence-corrected chi connectivity index (χ1v) is 8.38. The fourth-order valence-corrected chi connectivity index (χ4v) is 4.23. The van der Waals surface area contributed by atoms with Gasteiger partial charge in [0.2, 0.25) is 10.0 Å². The quantitative estimate of drug-likeness (QED) is 0.624. The molecule has 7 nitrogen and oxygen atoms in total. The van der Waals surface area contributed by atoms with Crippen LogP contribution in [0.3, 0.4) is 0 Å². The minimum Gasteiger partial charge on any atom is -0.315 e. The van der Waals surface area contributed by atoms with Crippen LogP contribution in [-0.2, 0) is 10.0 Å². The van der Waals surface area contributed by atoms with Gasteiger partial charge in [-0.05, 0) is 31.5 Å². The normalized spacial score (nSPS) is 18.2. The smallest absolute Gasteiger partial charge is 0.269 e. The fourth-order valence-electron chi connectivity index (χ4n) is 2.48. The summed E-state index contributed by atoms with van der Waals surface area (Å²) < 4.78 is 26.9. The van der Waals surface area contributed by atoms with Gasteiger partial charge in [0.15, 0.2) is 0 Å². The molecule has 1 N–H and O–H groups in total. The molecule has 1 heterocycles. The van der Waals surface area contributed by atoms with E-state index in [-0.39, 0.29) is 29.0 Å². The van der Waals surface area contributed by atoms with Crippen LogP contribution in [0.5, 0.6) is 0 Å². The van der Waals surface area contributed by atoms with E-state index in [1.165, 1.54) is 28.6 Å². The van der Waals surface area contributed by atoms with E-state index < -0.39 is 14.9 Å².